The van der Waals surface area contributed by atoms with Crippen LogP contribution in [-0.2, 0) is 4.79 Å². The van der Waals surface area contributed by atoms with Gasteiger partial charge < -0.3 is 10.4 Å². The Bertz CT molecular complexity index is 666. The monoisotopic (exact) mass is 304 g/mol. The number of carbonyl (C=O) groups excluding carboxylic acids is 1. The van der Waals surface area contributed by atoms with E-state index in [-0.39, 0.29) is 12.3 Å². The Hall–Kier alpha value is -2.21. The van der Waals surface area contributed by atoms with E-state index in [4.69, 9.17) is 5.11 Å². The molecule has 6 heteroatoms. The number of carboxylic acid groups (broad SMARTS) is 1. The molecule has 0 bridgehead atoms. The van der Waals surface area contributed by atoms with Crippen molar-refractivity contribution in [3.63, 3.8) is 0 Å². The van der Waals surface area contributed by atoms with Crippen molar-refractivity contribution in [3.05, 3.63) is 51.5 Å². The first-order chi connectivity index (χ1) is 9.97. The second-order valence-corrected chi connectivity index (χ2v) is 5.79. The minimum Gasteiger partial charge on any atom is -0.481 e. The van der Waals surface area contributed by atoms with Crippen LogP contribution in [0.25, 0.3) is 0 Å². The highest BCUT2D eigenvalue weighted by molar-refractivity contribution is 7.09. The highest BCUT2D eigenvalue weighted by Gasteiger charge is 2.21. The molecule has 0 saturated carbocycles. The number of thiazole rings is 1. The number of hydrogen-bond acceptors (Lipinski definition) is 4. The SMILES string of the molecule is Cc1nc(C(=O)NC(CC(=O)O)c2ccccc2C)cs1. The molecule has 2 rings (SSSR count). The largest absolute Gasteiger partial charge is 0.481 e. The van der Waals surface area contributed by atoms with Gasteiger partial charge >= 0.3 is 5.97 Å². The zero-order chi connectivity index (χ0) is 15.4. The van der Waals surface area contributed by atoms with Gasteiger partial charge in [-0.3, -0.25) is 9.59 Å². The summed E-state index contributed by atoms with van der Waals surface area (Å²) in [7, 11) is 0. The van der Waals surface area contributed by atoms with Gasteiger partial charge in [0, 0.05) is 5.38 Å². The molecule has 1 unspecified atom stereocenters. The van der Waals surface area contributed by atoms with Crippen molar-refractivity contribution >= 4 is 23.2 Å². The van der Waals surface area contributed by atoms with Gasteiger partial charge in [-0.2, -0.15) is 0 Å². The third-order valence-electron chi connectivity index (χ3n) is 3.10. The minimum atomic E-state index is -0.960. The number of carboxylic acids is 1. The van der Waals surface area contributed by atoms with E-state index < -0.39 is 12.0 Å². The zero-order valence-corrected chi connectivity index (χ0v) is 12.6. The quantitative estimate of drug-likeness (QED) is 0.890. The number of hydrogen-bond donors (Lipinski definition) is 2. The number of benzene rings is 1. The standard InChI is InChI=1S/C15H16N2O3S/c1-9-5-3-4-6-11(9)12(7-14(18)19)17-15(20)13-8-21-10(2)16-13/h3-6,8,12H,7H2,1-2H3,(H,17,20)(H,18,19). The number of nitrogens with zero attached hydrogens (tertiary/aromatic N) is 1. The lowest BCUT2D eigenvalue weighted by Crippen LogP contribution is -2.30. The van der Waals surface area contributed by atoms with Crippen LogP contribution in [0.4, 0.5) is 0 Å². The van der Waals surface area contributed by atoms with Crippen LogP contribution in [0.5, 0.6) is 0 Å². The molecule has 0 saturated heterocycles. The van der Waals surface area contributed by atoms with Gasteiger partial charge in [0.2, 0.25) is 0 Å². The Morgan fingerprint density at radius 1 is 1.33 bits per heavy atom. The van der Waals surface area contributed by atoms with Crippen LogP contribution in [0, 0.1) is 13.8 Å². The number of aryl methyl sites for hydroxylation is 2. The molecule has 0 radical (unpaired) electrons. The Kier molecular flexibility index (Phi) is 4.70. The summed E-state index contributed by atoms with van der Waals surface area (Å²) < 4.78 is 0. The van der Waals surface area contributed by atoms with Gasteiger partial charge in [-0.1, -0.05) is 24.3 Å². The Morgan fingerprint density at radius 3 is 2.62 bits per heavy atom. The van der Waals surface area contributed by atoms with E-state index in [0.29, 0.717) is 5.69 Å². The van der Waals surface area contributed by atoms with Gasteiger partial charge in [0.15, 0.2) is 0 Å². The van der Waals surface area contributed by atoms with Crippen LogP contribution < -0.4 is 5.32 Å². The molecule has 2 aromatic rings. The van der Waals surface area contributed by atoms with Crippen molar-refractivity contribution in [2.45, 2.75) is 26.3 Å². The maximum absolute atomic E-state index is 12.2. The van der Waals surface area contributed by atoms with Crippen LogP contribution >= 0.6 is 11.3 Å². The minimum absolute atomic E-state index is 0.167. The Morgan fingerprint density at radius 2 is 2.05 bits per heavy atom. The molecule has 1 atom stereocenters. The molecule has 0 aliphatic rings. The van der Waals surface area contributed by atoms with Crippen molar-refractivity contribution in [2.24, 2.45) is 0 Å². The lowest BCUT2D eigenvalue weighted by Gasteiger charge is -2.18. The van der Waals surface area contributed by atoms with E-state index in [9.17, 15) is 9.59 Å². The molecule has 0 fully saturated rings. The smallest absolute Gasteiger partial charge is 0.305 e. The van der Waals surface area contributed by atoms with Gasteiger partial charge in [-0.05, 0) is 25.0 Å². The molecule has 5 nitrogen and oxygen atoms in total. The lowest BCUT2D eigenvalue weighted by molar-refractivity contribution is -0.137. The second-order valence-electron chi connectivity index (χ2n) is 4.73. The maximum Gasteiger partial charge on any atom is 0.305 e. The highest BCUT2D eigenvalue weighted by Crippen LogP contribution is 2.21. The Labute approximate surface area is 126 Å². The topological polar surface area (TPSA) is 79.3 Å². The Balaban J connectivity index is 2.23. The summed E-state index contributed by atoms with van der Waals surface area (Å²) in [5.41, 5.74) is 2.07. The summed E-state index contributed by atoms with van der Waals surface area (Å²) in [6.07, 6.45) is -0.167. The van der Waals surface area contributed by atoms with E-state index >= 15 is 0 Å². The maximum atomic E-state index is 12.2. The first-order valence-electron chi connectivity index (χ1n) is 6.47. The molecular formula is C15H16N2O3S. The van der Waals surface area contributed by atoms with Crippen molar-refractivity contribution < 1.29 is 14.7 Å². The number of amides is 1. The van der Waals surface area contributed by atoms with E-state index in [1.165, 1.54) is 11.3 Å². The molecule has 21 heavy (non-hydrogen) atoms. The fourth-order valence-electron chi connectivity index (χ4n) is 2.09. The molecule has 110 valence electrons. The molecule has 1 amide bonds. The first kappa shape index (κ1) is 15.2. The summed E-state index contributed by atoms with van der Waals surface area (Å²) in [5.74, 6) is -1.31. The van der Waals surface area contributed by atoms with Crippen molar-refractivity contribution in [2.75, 3.05) is 0 Å². The van der Waals surface area contributed by atoms with Crippen LogP contribution in [-0.4, -0.2) is 22.0 Å². The molecule has 1 aromatic heterocycles. The van der Waals surface area contributed by atoms with Gasteiger partial charge in [-0.15, -0.1) is 11.3 Å². The average molecular weight is 304 g/mol. The van der Waals surface area contributed by atoms with E-state index in [2.05, 4.69) is 10.3 Å². The summed E-state index contributed by atoms with van der Waals surface area (Å²) >= 11 is 1.38. The fourth-order valence-corrected chi connectivity index (χ4v) is 2.68. The molecular weight excluding hydrogens is 288 g/mol. The number of aliphatic carboxylic acids is 1. The number of aromatic nitrogens is 1. The summed E-state index contributed by atoms with van der Waals surface area (Å²) in [6, 6.07) is 6.86. The summed E-state index contributed by atoms with van der Waals surface area (Å²) in [6.45, 7) is 3.71. The predicted molar refractivity (Wildman–Crippen MR) is 80.5 cm³/mol. The van der Waals surface area contributed by atoms with Gasteiger partial charge in [0.05, 0.1) is 17.5 Å². The third kappa shape index (κ3) is 3.88. The molecule has 0 spiro atoms. The van der Waals surface area contributed by atoms with Crippen LogP contribution in [0.15, 0.2) is 29.6 Å². The van der Waals surface area contributed by atoms with Gasteiger partial charge in [0.1, 0.15) is 5.69 Å². The van der Waals surface area contributed by atoms with Gasteiger partial charge in [0.25, 0.3) is 5.91 Å². The zero-order valence-electron chi connectivity index (χ0n) is 11.8. The van der Waals surface area contributed by atoms with Crippen molar-refractivity contribution in [1.29, 1.82) is 0 Å². The van der Waals surface area contributed by atoms with Crippen LogP contribution in [0.1, 0.15) is 39.1 Å². The summed E-state index contributed by atoms with van der Waals surface area (Å²) in [4.78, 5) is 27.3. The van der Waals surface area contributed by atoms with E-state index in [1.54, 1.807) is 5.38 Å². The average Bonchev–Trinajstić information content (AvgIpc) is 2.85. The van der Waals surface area contributed by atoms with Crippen molar-refractivity contribution in [1.82, 2.24) is 10.3 Å². The molecule has 0 aliphatic carbocycles. The van der Waals surface area contributed by atoms with Crippen LogP contribution in [0.2, 0.25) is 0 Å². The molecule has 2 N–H and O–H groups in total. The summed E-state index contributed by atoms with van der Waals surface area (Å²) in [5, 5.41) is 14.3. The highest BCUT2D eigenvalue weighted by atomic mass is 32.1. The third-order valence-corrected chi connectivity index (χ3v) is 3.87. The first-order valence-corrected chi connectivity index (χ1v) is 7.35. The van der Waals surface area contributed by atoms with E-state index in [0.717, 1.165) is 16.1 Å². The molecule has 1 aromatic carbocycles. The number of nitrogens with one attached hydrogen (secondary N) is 1. The predicted octanol–water partition coefficient (Wildman–Crippen LogP) is 2.71. The number of rotatable bonds is 5. The van der Waals surface area contributed by atoms with E-state index in [1.807, 2.05) is 38.1 Å². The van der Waals surface area contributed by atoms with Crippen LogP contribution in [0.3, 0.4) is 0 Å². The fraction of sp³-hybridized carbons (Fsp3) is 0.267. The second kappa shape index (κ2) is 6.49. The lowest BCUT2D eigenvalue weighted by atomic mass is 9.98. The molecule has 0 aliphatic heterocycles. The molecule has 1 heterocycles. The van der Waals surface area contributed by atoms with Crippen molar-refractivity contribution in [3.8, 4) is 0 Å². The normalized spacial score (nSPS) is 11.9. The van der Waals surface area contributed by atoms with Gasteiger partial charge in [-0.25, -0.2) is 4.98 Å². The number of carbonyl (C=O) groups is 2.